The molecule has 1 saturated heterocycles. The Morgan fingerprint density at radius 1 is 0.929 bits per heavy atom. The summed E-state index contributed by atoms with van der Waals surface area (Å²) in [5.74, 6) is 0.557. The van der Waals surface area contributed by atoms with Crippen LogP contribution < -0.4 is 4.90 Å². The number of nitrogens with zero attached hydrogens (tertiary/aromatic N) is 2. The average molecular weight is 398 g/mol. The minimum absolute atomic E-state index is 0.0405. The van der Waals surface area contributed by atoms with E-state index in [-0.39, 0.29) is 33.9 Å². The minimum Gasteiger partial charge on any atom is -0.419 e. The summed E-state index contributed by atoms with van der Waals surface area (Å²) in [6.45, 7) is 4.99. The number of hydrogen-bond acceptors (Lipinski definition) is 6. The molecule has 0 N–H and O–H groups in total. The van der Waals surface area contributed by atoms with Crippen LogP contribution in [-0.4, -0.2) is 38.7 Å². The highest BCUT2D eigenvalue weighted by Gasteiger charge is 2.34. The monoisotopic (exact) mass is 398 g/mol. The Labute approximate surface area is 164 Å². The highest BCUT2D eigenvalue weighted by atomic mass is 32.2. The van der Waals surface area contributed by atoms with Gasteiger partial charge >= 0.3 is 0 Å². The van der Waals surface area contributed by atoms with Crippen molar-refractivity contribution in [2.75, 3.05) is 18.0 Å². The average Bonchev–Trinajstić information content (AvgIpc) is 3.15. The zero-order chi connectivity index (χ0) is 19.7. The maximum absolute atomic E-state index is 13.3. The molecule has 2 heterocycles. The lowest BCUT2D eigenvalue weighted by Crippen LogP contribution is -2.45. The number of anilines is 1. The van der Waals surface area contributed by atoms with E-state index in [9.17, 15) is 8.42 Å². The van der Waals surface area contributed by atoms with Gasteiger partial charge in [0.1, 0.15) is 0 Å². The van der Waals surface area contributed by atoms with Crippen LogP contribution >= 0.6 is 0 Å². The molecule has 0 bridgehead atoms. The molecule has 0 amide bonds. The smallest absolute Gasteiger partial charge is 0.236 e. The van der Waals surface area contributed by atoms with Gasteiger partial charge in [-0.05, 0) is 38.1 Å². The molecule has 3 aromatic rings. The van der Waals surface area contributed by atoms with E-state index < -0.39 is 9.84 Å². The maximum Gasteiger partial charge on any atom is 0.236 e. The summed E-state index contributed by atoms with van der Waals surface area (Å²) in [6, 6.07) is 17.6. The number of ether oxygens (including phenoxy) is 1. The van der Waals surface area contributed by atoms with E-state index in [0.717, 1.165) is 5.56 Å². The van der Waals surface area contributed by atoms with Crippen molar-refractivity contribution in [3.05, 3.63) is 60.7 Å². The molecule has 0 spiro atoms. The molecule has 28 heavy (non-hydrogen) atoms. The first-order chi connectivity index (χ1) is 13.4. The van der Waals surface area contributed by atoms with Crippen LogP contribution in [0.5, 0.6) is 0 Å². The van der Waals surface area contributed by atoms with Gasteiger partial charge in [0.25, 0.3) is 0 Å². The number of benzene rings is 2. The first-order valence-electron chi connectivity index (χ1n) is 9.22. The number of rotatable bonds is 4. The molecule has 0 radical (unpaired) electrons. The zero-order valence-corrected chi connectivity index (χ0v) is 16.6. The normalized spacial score (nSPS) is 20.3. The van der Waals surface area contributed by atoms with Crippen LogP contribution in [0, 0.1) is 0 Å². The molecule has 1 fully saturated rings. The SMILES string of the molecule is C[C@@H]1CN(c2oc(-c3ccccc3)nc2S(=O)(=O)c2ccccc2)C[C@H](C)O1. The second kappa shape index (κ2) is 7.41. The van der Waals surface area contributed by atoms with Gasteiger partial charge < -0.3 is 14.1 Å². The highest BCUT2D eigenvalue weighted by Crippen LogP contribution is 2.35. The third-order valence-corrected chi connectivity index (χ3v) is 6.28. The van der Waals surface area contributed by atoms with Crippen LogP contribution in [0.3, 0.4) is 0 Å². The van der Waals surface area contributed by atoms with E-state index in [1.54, 1.807) is 30.3 Å². The van der Waals surface area contributed by atoms with Crippen molar-refractivity contribution in [2.45, 2.75) is 36.0 Å². The molecule has 0 aliphatic carbocycles. The van der Waals surface area contributed by atoms with E-state index in [4.69, 9.17) is 9.15 Å². The number of aromatic nitrogens is 1. The summed E-state index contributed by atoms with van der Waals surface area (Å²) in [5.41, 5.74) is 0.729. The first kappa shape index (κ1) is 18.7. The Morgan fingerprint density at radius 3 is 2.11 bits per heavy atom. The third kappa shape index (κ3) is 3.55. The largest absolute Gasteiger partial charge is 0.419 e. The summed E-state index contributed by atoms with van der Waals surface area (Å²) in [5, 5.41) is -0.0566. The first-order valence-corrected chi connectivity index (χ1v) is 10.7. The highest BCUT2D eigenvalue weighted by molar-refractivity contribution is 7.91. The van der Waals surface area contributed by atoms with Gasteiger partial charge in [0.15, 0.2) is 0 Å². The van der Waals surface area contributed by atoms with E-state index in [1.165, 1.54) is 0 Å². The molecule has 0 saturated carbocycles. The molecule has 146 valence electrons. The van der Waals surface area contributed by atoms with E-state index in [0.29, 0.717) is 13.1 Å². The summed E-state index contributed by atoms with van der Waals surface area (Å²) >= 11 is 0. The third-order valence-electron chi connectivity index (χ3n) is 4.62. The Kier molecular flexibility index (Phi) is 4.95. The van der Waals surface area contributed by atoms with Crippen LogP contribution in [-0.2, 0) is 14.6 Å². The van der Waals surface area contributed by atoms with Crippen LogP contribution in [0.1, 0.15) is 13.8 Å². The topological polar surface area (TPSA) is 72.6 Å². The van der Waals surface area contributed by atoms with E-state index >= 15 is 0 Å². The summed E-state index contributed by atoms with van der Waals surface area (Å²) < 4.78 is 38.5. The van der Waals surface area contributed by atoms with Gasteiger partial charge in [0.05, 0.1) is 17.1 Å². The molecular formula is C21H22N2O4S. The van der Waals surface area contributed by atoms with E-state index in [1.807, 2.05) is 49.1 Å². The lowest BCUT2D eigenvalue weighted by molar-refractivity contribution is -0.00657. The minimum atomic E-state index is -3.83. The maximum atomic E-state index is 13.3. The van der Waals surface area contributed by atoms with Crippen LogP contribution in [0.15, 0.2) is 75.0 Å². The fourth-order valence-electron chi connectivity index (χ4n) is 3.43. The number of sulfone groups is 1. The molecule has 1 aliphatic rings. The predicted octanol–water partition coefficient (Wildman–Crippen LogP) is 3.79. The molecular weight excluding hydrogens is 376 g/mol. The number of oxazole rings is 1. The van der Waals surface area contributed by atoms with Gasteiger partial charge in [-0.3, -0.25) is 0 Å². The molecule has 1 aliphatic heterocycles. The quantitative estimate of drug-likeness (QED) is 0.666. The second-order valence-electron chi connectivity index (χ2n) is 6.97. The summed E-state index contributed by atoms with van der Waals surface area (Å²) in [6.07, 6.45) is -0.0809. The van der Waals surface area contributed by atoms with Gasteiger partial charge in [0, 0.05) is 18.7 Å². The Hall–Kier alpha value is -2.64. The molecule has 6 nitrogen and oxygen atoms in total. The molecule has 0 unspecified atom stereocenters. The van der Waals surface area contributed by atoms with Crippen molar-refractivity contribution in [1.29, 1.82) is 0 Å². The Morgan fingerprint density at radius 2 is 1.50 bits per heavy atom. The fourth-order valence-corrected chi connectivity index (χ4v) is 4.77. The van der Waals surface area contributed by atoms with Gasteiger partial charge in [-0.25, -0.2) is 8.42 Å². The standard InChI is InChI=1S/C21H22N2O4S/c1-15-13-23(14-16(2)26-15)21-20(28(24,25)18-11-7-4-8-12-18)22-19(27-21)17-9-5-3-6-10-17/h3-12,15-16H,13-14H2,1-2H3/t15-,16+. The molecule has 2 aromatic carbocycles. The predicted molar refractivity (Wildman–Crippen MR) is 106 cm³/mol. The Bertz CT molecular complexity index is 1040. The van der Waals surface area contributed by atoms with Crippen molar-refractivity contribution in [1.82, 2.24) is 4.98 Å². The van der Waals surface area contributed by atoms with Crippen molar-refractivity contribution in [3.63, 3.8) is 0 Å². The molecule has 4 rings (SSSR count). The number of morpholine rings is 1. The lowest BCUT2D eigenvalue weighted by Gasteiger charge is -2.35. The van der Waals surface area contributed by atoms with Crippen LogP contribution in [0.2, 0.25) is 0 Å². The van der Waals surface area contributed by atoms with Crippen molar-refractivity contribution < 1.29 is 17.6 Å². The number of hydrogen-bond donors (Lipinski definition) is 0. The van der Waals surface area contributed by atoms with Crippen LogP contribution in [0.25, 0.3) is 11.5 Å². The van der Waals surface area contributed by atoms with Crippen molar-refractivity contribution >= 4 is 15.7 Å². The second-order valence-corrected chi connectivity index (χ2v) is 8.84. The molecule has 2 atom stereocenters. The van der Waals surface area contributed by atoms with Gasteiger partial charge in [0.2, 0.25) is 26.6 Å². The van der Waals surface area contributed by atoms with Crippen molar-refractivity contribution in [2.24, 2.45) is 0 Å². The molecule has 7 heteroatoms. The fraction of sp³-hybridized carbons (Fsp3) is 0.286. The van der Waals surface area contributed by atoms with Crippen LogP contribution in [0.4, 0.5) is 5.88 Å². The Balaban J connectivity index is 1.85. The van der Waals surface area contributed by atoms with Gasteiger partial charge in [-0.2, -0.15) is 4.98 Å². The lowest BCUT2D eigenvalue weighted by atomic mass is 10.2. The van der Waals surface area contributed by atoms with Gasteiger partial charge in [-0.1, -0.05) is 36.4 Å². The van der Waals surface area contributed by atoms with Gasteiger partial charge in [-0.15, -0.1) is 0 Å². The molecule has 1 aromatic heterocycles. The summed E-state index contributed by atoms with van der Waals surface area (Å²) in [7, 11) is -3.83. The van der Waals surface area contributed by atoms with E-state index in [2.05, 4.69) is 4.98 Å². The summed E-state index contributed by atoms with van der Waals surface area (Å²) in [4.78, 5) is 6.52. The van der Waals surface area contributed by atoms with Crippen molar-refractivity contribution in [3.8, 4) is 11.5 Å². The zero-order valence-electron chi connectivity index (χ0n) is 15.8.